The van der Waals surface area contributed by atoms with Gasteiger partial charge in [0.05, 0.1) is 0 Å². The lowest BCUT2D eigenvalue weighted by Crippen LogP contribution is -1.70. The van der Waals surface area contributed by atoms with E-state index < -0.39 is 0 Å². The highest BCUT2D eigenvalue weighted by Crippen LogP contribution is 2.20. The van der Waals surface area contributed by atoms with E-state index in [-0.39, 0.29) is 0 Å². The predicted octanol–water partition coefficient (Wildman–Crippen LogP) is 2.93. The lowest BCUT2D eigenvalue weighted by atomic mass is 10.2. The molecule has 0 atom stereocenters. The standard InChI is InChI=1S/C12H8O/c1-2-11-8-9-12(13-11)10-6-4-3-5-7-10/h1,3-9H. The molecule has 2 aromatic rings. The van der Waals surface area contributed by atoms with Crippen LogP contribution >= 0.6 is 0 Å². The highest BCUT2D eigenvalue weighted by atomic mass is 16.3. The van der Waals surface area contributed by atoms with E-state index in [2.05, 4.69) is 5.92 Å². The van der Waals surface area contributed by atoms with Crippen molar-refractivity contribution in [2.75, 3.05) is 0 Å². The molecule has 0 aliphatic rings. The molecule has 1 aromatic heterocycles. The van der Waals surface area contributed by atoms with Crippen molar-refractivity contribution in [3.63, 3.8) is 0 Å². The third-order valence-electron chi connectivity index (χ3n) is 1.81. The maximum absolute atomic E-state index is 5.38. The molecule has 0 aliphatic carbocycles. The van der Waals surface area contributed by atoms with Gasteiger partial charge in [0, 0.05) is 5.56 Å². The Morgan fingerprint density at radius 3 is 2.38 bits per heavy atom. The molecule has 0 fully saturated rings. The molecular formula is C12H8O. The van der Waals surface area contributed by atoms with Crippen LogP contribution in [0, 0.1) is 12.3 Å². The Balaban J connectivity index is 2.43. The fourth-order valence-corrected chi connectivity index (χ4v) is 1.17. The smallest absolute Gasteiger partial charge is 0.177 e. The van der Waals surface area contributed by atoms with Crippen molar-refractivity contribution in [1.82, 2.24) is 0 Å². The fraction of sp³-hybridized carbons (Fsp3) is 0. The minimum absolute atomic E-state index is 0.568. The van der Waals surface area contributed by atoms with E-state index in [0.717, 1.165) is 11.3 Å². The van der Waals surface area contributed by atoms with Gasteiger partial charge in [-0.15, -0.1) is 6.42 Å². The number of rotatable bonds is 1. The first kappa shape index (κ1) is 7.70. The van der Waals surface area contributed by atoms with E-state index in [1.54, 1.807) is 6.07 Å². The summed E-state index contributed by atoms with van der Waals surface area (Å²) in [4.78, 5) is 0. The van der Waals surface area contributed by atoms with Gasteiger partial charge in [-0.2, -0.15) is 0 Å². The normalized spacial score (nSPS) is 9.46. The van der Waals surface area contributed by atoms with Crippen LogP contribution in [0.4, 0.5) is 0 Å². The number of hydrogen-bond donors (Lipinski definition) is 0. The molecule has 1 nitrogen and oxygen atoms in total. The van der Waals surface area contributed by atoms with E-state index >= 15 is 0 Å². The van der Waals surface area contributed by atoms with Crippen molar-refractivity contribution in [2.24, 2.45) is 0 Å². The second-order valence-corrected chi connectivity index (χ2v) is 2.67. The molecular weight excluding hydrogens is 160 g/mol. The number of hydrogen-bond acceptors (Lipinski definition) is 1. The van der Waals surface area contributed by atoms with Crippen LogP contribution in [0.3, 0.4) is 0 Å². The van der Waals surface area contributed by atoms with Crippen LogP contribution in [-0.2, 0) is 0 Å². The van der Waals surface area contributed by atoms with Crippen molar-refractivity contribution < 1.29 is 4.42 Å². The first-order valence-electron chi connectivity index (χ1n) is 4.02. The van der Waals surface area contributed by atoms with E-state index in [4.69, 9.17) is 10.8 Å². The Labute approximate surface area is 77.0 Å². The van der Waals surface area contributed by atoms with Crippen LogP contribution < -0.4 is 0 Å². The lowest BCUT2D eigenvalue weighted by molar-refractivity contribution is 0.569. The molecule has 1 heteroatoms. The second-order valence-electron chi connectivity index (χ2n) is 2.67. The molecule has 0 saturated heterocycles. The predicted molar refractivity (Wildman–Crippen MR) is 52.1 cm³/mol. The van der Waals surface area contributed by atoms with Crippen LogP contribution in [0.1, 0.15) is 5.76 Å². The third kappa shape index (κ3) is 1.47. The molecule has 1 aromatic carbocycles. The van der Waals surface area contributed by atoms with Gasteiger partial charge in [0.2, 0.25) is 0 Å². The van der Waals surface area contributed by atoms with E-state index in [9.17, 15) is 0 Å². The Kier molecular flexibility index (Phi) is 1.90. The van der Waals surface area contributed by atoms with Crippen molar-refractivity contribution in [2.45, 2.75) is 0 Å². The van der Waals surface area contributed by atoms with Crippen molar-refractivity contribution >= 4 is 0 Å². The van der Waals surface area contributed by atoms with Crippen LogP contribution in [0.15, 0.2) is 46.9 Å². The molecule has 0 aliphatic heterocycles. The largest absolute Gasteiger partial charge is 0.448 e. The summed E-state index contributed by atoms with van der Waals surface area (Å²) in [5.41, 5.74) is 1.05. The maximum Gasteiger partial charge on any atom is 0.177 e. The molecule has 0 N–H and O–H groups in total. The van der Waals surface area contributed by atoms with Crippen LogP contribution in [-0.4, -0.2) is 0 Å². The fourth-order valence-electron chi connectivity index (χ4n) is 1.17. The van der Waals surface area contributed by atoms with E-state index in [1.807, 2.05) is 36.4 Å². The van der Waals surface area contributed by atoms with E-state index in [1.165, 1.54) is 0 Å². The minimum atomic E-state index is 0.568. The quantitative estimate of drug-likeness (QED) is 0.597. The zero-order valence-corrected chi connectivity index (χ0v) is 7.03. The molecule has 0 spiro atoms. The Morgan fingerprint density at radius 2 is 1.77 bits per heavy atom. The first-order valence-corrected chi connectivity index (χ1v) is 4.02. The van der Waals surface area contributed by atoms with Gasteiger partial charge in [0.25, 0.3) is 0 Å². The number of benzene rings is 1. The van der Waals surface area contributed by atoms with Crippen LogP contribution in [0.5, 0.6) is 0 Å². The van der Waals surface area contributed by atoms with Crippen LogP contribution in [0.2, 0.25) is 0 Å². The van der Waals surface area contributed by atoms with Gasteiger partial charge >= 0.3 is 0 Å². The van der Waals surface area contributed by atoms with Gasteiger partial charge < -0.3 is 4.42 Å². The number of terminal acetylenes is 1. The van der Waals surface area contributed by atoms with Gasteiger partial charge in [0.1, 0.15) is 5.76 Å². The summed E-state index contributed by atoms with van der Waals surface area (Å²) in [6, 6.07) is 13.5. The highest BCUT2D eigenvalue weighted by molar-refractivity contribution is 5.57. The molecule has 0 saturated carbocycles. The summed E-state index contributed by atoms with van der Waals surface area (Å²) in [5.74, 6) is 3.83. The SMILES string of the molecule is C#Cc1ccc(-c2ccccc2)o1. The third-order valence-corrected chi connectivity index (χ3v) is 1.81. The van der Waals surface area contributed by atoms with Crippen molar-refractivity contribution in [3.05, 3.63) is 48.2 Å². The molecule has 0 unspecified atom stereocenters. The summed E-state index contributed by atoms with van der Waals surface area (Å²) in [7, 11) is 0. The Bertz CT molecular complexity index is 432. The molecule has 0 amide bonds. The number of furan rings is 1. The molecule has 62 valence electrons. The van der Waals surface area contributed by atoms with Crippen LogP contribution in [0.25, 0.3) is 11.3 Å². The lowest BCUT2D eigenvalue weighted by Gasteiger charge is -1.93. The average Bonchev–Trinajstić information content (AvgIpc) is 2.67. The molecule has 0 radical (unpaired) electrons. The summed E-state index contributed by atoms with van der Waals surface area (Å²) in [6.45, 7) is 0. The second kappa shape index (κ2) is 3.20. The van der Waals surface area contributed by atoms with Gasteiger partial charge in [-0.1, -0.05) is 30.3 Å². The van der Waals surface area contributed by atoms with Crippen molar-refractivity contribution in [3.8, 4) is 23.7 Å². The summed E-state index contributed by atoms with van der Waals surface area (Å²) in [5, 5.41) is 0. The molecule has 13 heavy (non-hydrogen) atoms. The van der Waals surface area contributed by atoms with Gasteiger partial charge in [-0.25, -0.2) is 0 Å². The van der Waals surface area contributed by atoms with Gasteiger partial charge in [-0.3, -0.25) is 0 Å². The summed E-state index contributed by atoms with van der Waals surface area (Å²) < 4.78 is 5.38. The minimum Gasteiger partial charge on any atom is -0.448 e. The zero-order chi connectivity index (χ0) is 9.10. The summed E-state index contributed by atoms with van der Waals surface area (Å²) >= 11 is 0. The summed E-state index contributed by atoms with van der Waals surface area (Å²) in [6.07, 6.45) is 5.20. The molecule has 1 heterocycles. The van der Waals surface area contributed by atoms with Crippen molar-refractivity contribution in [1.29, 1.82) is 0 Å². The monoisotopic (exact) mass is 168 g/mol. The highest BCUT2D eigenvalue weighted by Gasteiger charge is 2.00. The van der Waals surface area contributed by atoms with Gasteiger partial charge in [-0.05, 0) is 18.1 Å². The molecule has 2 rings (SSSR count). The first-order chi connectivity index (χ1) is 6.40. The molecule has 0 bridgehead atoms. The average molecular weight is 168 g/mol. The van der Waals surface area contributed by atoms with E-state index in [0.29, 0.717) is 5.76 Å². The topological polar surface area (TPSA) is 13.1 Å². The van der Waals surface area contributed by atoms with Gasteiger partial charge in [0.15, 0.2) is 5.76 Å². The zero-order valence-electron chi connectivity index (χ0n) is 7.03. The Morgan fingerprint density at radius 1 is 1.00 bits per heavy atom. The Hall–Kier alpha value is -1.94. The maximum atomic E-state index is 5.38.